The number of hydrogen-bond acceptors (Lipinski definition) is 4. The molecule has 3 rings (SSSR count). The van der Waals surface area contributed by atoms with Gasteiger partial charge >= 0.3 is 0 Å². The minimum atomic E-state index is -3.42. The normalized spacial score (nSPS) is 19.6. The van der Waals surface area contributed by atoms with Gasteiger partial charge in [0.05, 0.1) is 0 Å². The van der Waals surface area contributed by atoms with Crippen LogP contribution in [0.5, 0.6) is 0 Å². The van der Waals surface area contributed by atoms with Crippen LogP contribution in [0, 0.1) is 0 Å². The molecule has 1 aliphatic rings. The average Bonchev–Trinajstić information content (AvgIpc) is 3.08. The van der Waals surface area contributed by atoms with Crippen LogP contribution < -0.4 is 0 Å². The van der Waals surface area contributed by atoms with Crippen LogP contribution in [-0.2, 0) is 22.9 Å². The van der Waals surface area contributed by atoms with Gasteiger partial charge in [0.2, 0.25) is 0 Å². The molecular formula is C14H16ClNO2S3. The molecule has 0 saturated heterocycles. The molecule has 1 aliphatic heterocycles. The van der Waals surface area contributed by atoms with Crippen molar-refractivity contribution >= 4 is 44.3 Å². The molecule has 0 saturated carbocycles. The molecule has 0 fully saturated rings. The number of thiophene rings is 2. The number of rotatable bonds is 4. The fourth-order valence-corrected chi connectivity index (χ4v) is 7.03. The summed E-state index contributed by atoms with van der Waals surface area (Å²) in [7, 11) is -3.42. The number of sulfonamides is 1. The van der Waals surface area contributed by atoms with Crippen molar-refractivity contribution in [3.05, 3.63) is 38.9 Å². The van der Waals surface area contributed by atoms with Crippen molar-refractivity contribution in [1.82, 2.24) is 4.31 Å². The summed E-state index contributed by atoms with van der Waals surface area (Å²) in [6, 6.07) is 5.52. The van der Waals surface area contributed by atoms with Gasteiger partial charge in [0.15, 0.2) is 0 Å². The van der Waals surface area contributed by atoms with Gasteiger partial charge in [0.25, 0.3) is 10.0 Å². The fourth-order valence-electron chi connectivity index (χ4n) is 2.65. The highest BCUT2D eigenvalue weighted by molar-refractivity contribution is 7.91. The van der Waals surface area contributed by atoms with E-state index in [0.29, 0.717) is 23.1 Å². The highest BCUT2D eigenvalue weighted by atomic mass is 35.5. The topological polar surface area (TPSA) is 37.4 Å². The smallest absolute Gasteiger partial charge is 0.206 e. The Bertz CT molecular complexity index is 735. The summed E-state index contributed by atoms with van der Waals surface area (Å²) in [6.07, 6.45) is 1.52. The summed E-state index contributed by atoms with van der Waals surface area (Å²) in [6.45, 7) is 2.52. The molecule has 3 heterocycles. The number of hydrogen-bond donors (Lipinski definition) is 0. The SMILES string of the molecule is CC1c2ccsc2CCN1S(=O)(=O)c1ccc(CCCl)s1. The molecule has 3 nitrogen and oxygen atoms in total. The van der Waals surface area contributed by atoms with Crippen LogP contribution in [0.4, 0.5) is 0 Å². The highest BCUT2D eigenvalue weighted by Gasteiger charge is 2.35. The molecule has 7 heteroatoms. The lowest BCUT2D eigenvalue weighted by molar-refractivity contribution is 0.330. The maximum absolute atomic E-state index is 12.9. The highest BCUT2D eigenvalue weighted by Crippen LogP contribution is 2.37. The number of aryl methyl sites for hydroxylation is 1. The Kier molecular flexibility index (Phi) is 4.43. The van der Waals surface area contributed by atoms with Gasteiger partial charge in [0.1, 0.15) is 4.21 Å². The molecule has 0 radical (unpaired) electrons. The van der Waals surface area contributed by atoms with E-state index in [4.69, 9.17) is 11.6 Å². The third-order valence-electron chi connectivity index (χ3n) is 3.76. The number of halogens is 1. The summed E-state index contributed by atoms with van der Waals surface area (Å²) in [5.41, 5.74) is 1.15. The molecule has 0 aromatic carbocycles. The molecule has 0 amide bonds. The molecule has 114 valence electrons. The van der Waals surface area contributed by atoms with Crippen LogP contribution in [0.2, 0.25) is 0 Å². The third-order valence-corrected chi connectivity index (χ3v) is 8.53. The maximum atomic E-state index is 12.9. The summed E-state index contributed by atoms with van der Waals surface area (Å²) in [5.74, 6) is 0.512. The molecule has 0 aliphatic carbocycles. The van der Waals surface area contributed by atoms with Crippen molar-refractivity contribution < 1.29 is 8.42 Å². The van der Waals surface area contributed by atoms with Crippen molar-refractivity contribution in [2.24, 2.45) is 0 Å². The summed E-state index contributed by atoms with van der Waals surface area (Å²) in [4.78, 5) is 2.33. The van der Waals surface area contributed by atoms with E-state index in [0.717, 1.165) is 16.9 Å². The lowest BCUT2D eigenvalue weighted by Gasteiger charge is -2.32. The van der Waals surface area contributed by atoms with E-state index in [2.05, 4.69) is 0 Å². The van der Waals surface area contributed by atoms with Gasteiger partial charge in [0, 0.05) is 28.2 Å². The minimum Gasteiger partial charge on any atom is -0.206 e. The molecule has 2 aromatic rings. The molecule has 1 atom stereocenters. The molecular weight excluding hydrogens is 346 g/mol. The standard InChI is InChI=1S/C14H16ClNO2S3/c1-10-12-6-9-19-13(12)5-8-16(10)21(17,18)14-3-2-11(20-14)4-7-15/h2-3,6,9-10H,4-5,7-8H2,1H3. The van der Waals surface area contributed by atoms with Crippen molar-refractivity contribution in [3.63, 3.8) is 0 Å². The first-order chi connectivity index (χ1) is 10.0. The van der Waals surface area contributed by atoms with E-state index in [1.54, 1.807) is 21.7 Å². The monoisotopic (exact) mass is 361 g/mol. The predicted octanol–water partition coefficient (Wildman–Crippen LogP) is 3.90. The zero-order valence-electron chi connectivity index (χ0n) is 11.6. The average molecular weight is 362 g/mol. The van der Waals surface area contributed by atoms with Gasteiger partial charge in [-0.15, -0.1) is 34.3 Å². The Morgan fingerprint density at radius 2 is 2.19 bits per heavy atom. The maximum Gasteiger partial charge on any atom is 0.253 e. The van der Waals surface area contributed by atoms with Gasteiger partial charge < -0.3 is 0 Å². The largest absolute Gasteiger partial charge is 0.253 e. The van der Waals surface area contributed by atoms with E-state index in [9.17, 15) is 8.42 Å². The molecule has 1 unspecified atom stereocenters. The first-order valence-corrected chi connectivity index (χ1v) is 10.4. The van der Waals surface area contributed by atoms with Gasteiger partial charge in [-0.3, -0.25) is 0 Å². The molecule has 0 bridgehead atoms. The number of fused-ring (bicyclic) bond motifs is 1. The van der Waals surface area contributed by atoms with Gasteiger partial charge in [-0.05, 0) is 48.9 Å². The Hall–Kier alpha value is -0.400. The van der Waals surface area contributed by atoms with Crippen molar-refractivity contribution in [2.45, 2.75) is 30.0 Å². The van der Waals surface area contributed by atoms with E-state index in [1.807, 2.05) is 24.4 Å². The number of nitrogens with zero attached hydrogens (tertiary/aromatic N) is 1. The van der Waals surface area contributed by atoms with Crippen LogP contribution in [0.1, 0.15) is 28.3 Å². The van der Waals surface area contributed by atoms with Crippen LogP contribution >= 0.6 is 34.3 Å². The first kappa shape index (κ1) is 15.5. The van der Waals surface area contributed by atoms with E-state index in [1.165, 1.54) is 16.2 Å². The second-order valence-electron chi connectivity index (χ2n) is 5.00. The summed E-state index contributed by atoms with van der Waals surface area (Å²) in [5, 5.41) is 2.04. The fraction of sp³-hybridized carbons (Fsp3) is 0.429. The van der Waals surface area contributed by atoms with Gasteiger partial charge in [-0.25, -0.2) is 8.42 Å². The molecule has 0 spiro atoms. The Balaban J connectivity index is 1.91. The first-order valence-electron chi connectivity index (χ1n) is 6.77. The van der Waals surface area contributed by atoms with Crippen LogP contribution in [0.15, 0.2) is 27.8 Å². The molecule has 0 N–H and O–H groups in total. The van der Waals surface area contributed by atoms with Crippen molar-refractivity contribution in [1.29, 1.82) is 0 Å². The van der Waals surface area contributed by atoms with Crippen LogP contribution in [0.25, 0.3) is 0 Å². The van der Waals surface area contributed by atoms with Crippen molar-refractivity contribution in [2.75, 3.05) is 12.4 Å². The molecule has 21 heavy (non-hydrogen) atoms. The second-order valence-corrected chi connectivity index (χ2v) is 9.66. The lowest BCUT2D eigenvalue weighted by atomic mass is 10.0. The zero-order valence-corrected chi connectivity index (χ0v) is 14.8. The Morgan fingerprint density at radius 3 is 2.95 bits per heavy atom. The Morgan fingerprint density at radius 1 is 1.38 bits per heavy atom. The zero-order chi connectivity index (χ0) is 15.0. The second kappa shape index (κ2) is 6.01. The summed E-state index contributed by atoms with van der Waals surface area (Å²) >= 11 is 8.77. The predicted molar refractivity (Wildman–Crippen MR) is 89.1 cm³/mol. The quantitative estimate of drug-likeness (QED) is 0.774. The van der Waals surface area contributed by atoms with E-state index >= 15 is 0 Å². The third kappa shape index (κ3) is 2.80. The van der Waals surface area contributed by atoms with Crippen LogP contribution in [-0.4, -0.2) is 25.1 Å². The van der Waals surface area contributed by atoms with Gasteiger partial charge in [-0.1, -0.05) is 0 Å². The van der Waals surface area contributed by atoms with Gasteiger partial charge in [-0.2, -0.15) is 4.31 Å². The van der Waals surface area contributed by atoms with E-state index in [-0.39, 0.29) is 6.04 Å². The minimum absolute atomic E-state index is 0.0939. The van der Waals surface area contributed by atoms with Crippen molar-refractivity contribution in [3.8, 4) is 0 Å². The Labute approximate surface area is 138 Å². The van der Waals surface area contributed by atoms with E-state index < -0.39 is 10.0 Å². The summed E-state index contributed by atoms with van der Waals surface area (Å²) < 4.78 is 27.8. The number of alkyl halides is 1. The lowest BCUT2D eigenvalue weighted by Crippen LogP contribution is -2.37. The molecule has 2 aromatic heterocycles. The van der Waals surface area contributed by atoms with Crippen LogP contribution in [0.3, 0.4) is 0 Å².